The molecule has 0 saturated heterocycles. The number of carbonyl (C=O) groups excluding carboxylic acids is 1. The summed E-state index contributed by atoms with van der Waals surface area (Å²) in [4.78, 5) is 17.3. The zero-order valence-electron chi connectivity index (χ0n) is 12.1. The van der Waals surface area contributed by atoms with Gasteiger partial charge in [0.05, 0.1) is 15.7 Å². The van der Waals surface area contributed by atoms with Crippen LogP contribution in [0.25, 0.3) is 11.3 Å². The Hall–Kier alpha value is -1.46. The van der Waals surface area contributed by atoms with E-state index in [0.29, 0.717) is 23.6 Å². The smallest absolute Gasteiger partial charge is 0.219 e. The number of hydrogen-bond donors (Lipinski definition) is 0. The summed E-state index contributed by atoms with van der Waals surface area (Å²) in [6, 6.07) is 3.02. The fourth-order valence-electron chi connectivity index (χ4n) is 1.82. The number of aryl methyl sites for hydroxylation is 1. The summed E-state index contributed by atoms with van der Waals surface area (Å²) in [7, 11) is 1.76. The van der Waals surface area contributed by atoms with Crippen molar-refractivity contribution in [3.63, 3.8) is 0 Å². The molecule has 0 unspecified atom stereocenters. The fraction of sp³-hybridized carbons (Fsp3) is 0.333. The lowest BCUT2D eigenvalue weighted by atomic mass is 10.1. The molecule has 0 aliphatic rings. The Bertz CT molecular complexity index is 672. The molecule has 0 aliphatic heterocycles. The third-order valence-electron chi connectivity index (χ3n) is 3.27. The van der Waals surface area contributed by atoms with Gasteiger partial charge in [0.25, 0.3) is 0 Å². The van der Waals surface area contributed by atoms with Crippen LogP contribution in [0.1, 0.15) is 17.5 Å². The second-order valence-electron chi connectivity index (χ2n) is 4.90. The summed E-state index contributed by atoms with van der Waals surface area (Å²) >= 11 is 7.60. The number of hydrogen-bond acceptors (Lipinski definition) is 3. The van der Waals surface area contributed by atoms with Gasteiger partial charge in [-0.2, -0.15) is 0 Å². The van der Waals surface area contributed by atoms with Gasteiger partial charge in [0, 0.05) is 37.9 Å². The molecular weight excluding hydrogens is 311 g/mol. The molecule has 2 rings (SSSR count). The highest BCUT2D eigenvalue weighted by atomic mass is 35.5. The maximum absolute atomic E-state index is 13.4. The maximum Gasteiger partial charge on any atom is 0.219 e. The van der Waals surface area contributed by atoms with Gasteiger partial charge in [-0.1, -0.05) is 11.6 Å². The summed E-state index contributed by atoms with van der Waals surface area (Å²) in [5.74, 6) is -0.286. The van der Waals surface area contributed by atoms with Crippen molar-refractivity contribution in [1.29, 1.82) is 0 Å². The van der Waals surface area contributed by atoms with Crippen LogP contribution >= 0.6 is 22.9 Å². The number of aromatic nitrogens is 1. The van der Waals surface area contributed by atoms with E-state index in [2.05, 4.69) is 4.98 Å². The van der Waals surface area contributed by atoms with Crippen LogP contribution in [-0.4, -0.2) is 29.4 Å². The Morgan fingerprint density at radius 3 is 2.86 bits per heavy atom. The Kier molecular flexibility index (Phi) is 4.96. The molecule has 0 radical (unpaired) electrons. The van der Waals surface area contributed by atoms with E-state index < -0.39 is 0 Å². The lowest BCUT2D eigenvalue weighted by molar-refractivity contribution is -0.127. The highest BCUT2D eigenvalue weighted by Crippen LogP contribution is 2.31. The molecule has 21 heavy (non-hydrogen) atoms. The summed E-state index contributed by atoms with van der Waals surface area (Å²) < 4.78 is 13.4. The SMILES string of the molecule is CC(=O)N(C)CCc1nc(-c2cc(C)c(F)cc2Cl)cs1. The van der Waals surface area contributed by atoms with Gasteiger partial charge >= 0.3 is 0 Å². The van der Waals surface area contributed by atoms with Crippen molar-refractivity contribution >= 4 is 28.8 Å². The van der Waals surface area contributed by atoms with Crippen molar-refractivity contribution < 1.29 is 9.18 Å². The highest BCUT2D eigenvalue weighted by Gasteiger charge is 2.12. The standard InChI is InChI=1S/C15H16ClFN2OS/c1-9-6-11(12(16)7-13(9)17)14-8-21-15(18-14)4-5-19(3)10(2)20/h6-8H,4-5H2,1-3H3. The monoisotopic (exact) mass is 326 g/mol. The molecule has 0 saturated carbocycles. The zero-order valence-corrected chi connectivity index (χ0v) is 13.7. The van der Waals surface area contributed by atoms with E-state index in [4.69, 9.17) is 11.6 Å². The predicted octanol–water partition coefficient (Wildman–Crippen LogP) is 3.93. The molecule has 6 heteroatoms. The van der Waals surface area contributed by atoms with Gasteiger partial charge in [0.15, 0.2) is 0 Å². The molecule has 0 atom stereocenters. The van der Waals surface area contributed by atoms with Crippen molar-refractivity contribution in [1.82, 2.24) is 9.88 Å². The lowest BCUT2D eigenvalue weighted by Crippen LogP contribution is -2.26. The van der Waals surface area contributed by atoms with Crippen molar-refractivity contribution in [2.45, 2.75) is 20.3 Å². The average molecular weight is 327 g/mol. The topological polar surface area (TPSA) is 33.2 Å². The molecule has 3 nitrogen and oxygen atoms in total. The molecule has 1 aromatic heterocycles. The molecule has 2 aromatic rings. The number of amides is 1. The van der Waals surface area contributed by atoms with Crippen LogP contribution in [0.5, 0.6) is 0 Å². The molecule has 0 bridgehead atoms. The van der Waals surface area contributed by atoms with Gasteiger partial charge in [-0.25, -0.2) is 9.37 Å². The Morgan fingerprint density at radius 2 is 2.19 bits per heavy atom. The minimum atomic E-state index is -0.317. The van der Waals surface area contributed by atoms with Gasteiger partial charge < -0.3 is 4.90 Å². The van der Waals surface area contributed by atoms with Crippen LogP contribution in [-0.2, 0) is 11.2 Å². The number of thiazole rings is 1. The summed E-state index contributed by atoms with van der Waals surface area (Å²) in [6.07, 6.45) is 0.693. The highest BCUT2D eigenvalue weighted by molar-refractivity contribution is 7.09. The fourth-order valence-corrected chi connectivity index (χ4v) is 2.86. The molecule has 0 spiro atoms. The summed E-state index contributed by atoms with van der Waals surface area (Å²) in [6.45, 7) is 3.86. The summed E-state index contributed by atoms with van der Waals surface area (Å²) in [5.41, 5.74) is 2.02. The van der Waals surface area contributed by atoms with E-state index in [0.717, 1.165) is 16.3 Å². The number of nitrogens with zero attached hydrogens (tertiary/aromatic N) is 2. The van der Waals surface area contributed by atoms with Crippen molar-refractivity contribution in [2.75, 3.05) is 13.6 Å². The van der Waals surface area contributed by atoms with Crippen LogP contribution in [0.2, 0.25) is 5.02 Å². The van der Waals surface area contributed by atoms with Crippen LogP contribution < -0.4 is 0 Å². The third kappa shape index (κ3) is 3.80. The molecule has 0 fully saturated rings. The first-order chi connectivity index (χ1) is 9.88. The minimum absolute atomic E-state index is 0.0315. The first-order valence-corrected chi connectivity index (χ1v) is 7.76. The molecule has 0 aliphatic carbocycles. The van der Waals surface area contributed by atoms with E-state index in [1.807, 2.05) is 5.38 Å². The van der Waals surface area contributed by atoms with E-state index in [9.17, 15) is 9.18 Å². The lowest BCUT2D eigenvalue weighted by Gasteiger charge is -2.12. The third-order valence-corrected chi connectivity index (χ3v) is 4.50. The van der Waals surface area contributed by atoms with Crippen LogP contribution in [0.15, 0.2) is 17.5 Å². The molecule has 1 aromatic carbocycles. The molecular formula is C15H16ClFN2OS. The molecule has 1 heterocycles. The summed E-state index contributed by atoms with van der Waals surface area (Å²) in [5, 5.41) is 3.19. The van der Waals surface area contributed by atoms with Gasteiger partial charge in [-0.3, -0.25) is 4.79 Å². The van der Waals surface area contributed by atoms with Crippen LogP contribution in [0.4, 0.5) is 4.39 Å². The van der Waals surface area contributed by atoms with E-state index >= 15 is 0 Å². The largest absolute Gasteiger partial charge is 0.346 e. The average Bonchev–Trinajstić information content (AvgIpc) is 2.88. The molecule has 112 valence electrons. The van der Waals surface area contributed by atoms with Crippen molar-refractivity contribution in [2.24, 2.45) is 0 Å². The number of benzene rings is 1. The van der Waals surface area contributed by atoms with E-state index in [1.54, 1.807) is 24.9 Å². The first-order valence-electron chi connectivity index (χ1n) is 6.50. The zero-order chi connectivity index (χ0) is 15.6. The second kappa shape index (κ2) is 6.54. The number of carbonyl (C=O) groups is 1. The van der Waals surface area contributed by atoms with E-state index in [1.165, 1.54) is 24.3 Å². The Labute approximate surface area is 132 Å². The Balaban J connectivity index is 2.17. The normalized spacial score (nSPS) is 10.7. The quantitative estimate of drug-likeness (QED) is 0.853. The minimum Gasteiger partial charge on any atom is -0.346 e. The second-order valence-corrected chi connectivity index (χ2v) is 6.25. The van der Waals surface area contributed by atoms with Crippen LogP contribution in [0, 0.1) is 12.7 Å². The van der Waals surface area contributed by atoms with Gasteiger partial charge in [0.1, 0.15) is 5.82 Å². The number of halogens is 2. The van der Waals surface area contributed by atoms with Crippen LogP contribution in [0.3, 0.4) is 0 Å². The van der Waals surface area contributed by atoms with E-state index in [-0.39, 0.29) is 11.7 Å². The van der Waals surface area contributed by atoms with Gasteiger partial charge in [0.2, 0.25) is 5.91 Å². The van der Waals surface area contributed by atoms with Gasteiger partial charge in [-0.15, -0.1) is 11.3 Å². The molecule has 0 N–H and O–H groups in total. The predicted molar refractivity (Wildman–Crippen MR) is 84.3 cm³/mol. The Morgan fingerprint density at radius 1 is 1.48 bits per heavy atom. The number of likely N-dealkylation sites (N-methyl/N-ethyl adjacent to an activating group) is 1. The van der Waals surface area contributed by atoms with Crippen molar-refractivity contribution in [3.8, 4) is 11.3 Å². The molecule has 1 amide bonds. The maximum atomic E-state index is 13.4. The number of rotatable bonds is 4. The first kappa shape index (κ1) is 15.9. The van der Waals surface area contributed by atoms with Gasteiger partial charge in [-0.05, 0) is 24.6 Å². The van der Waals surface area contributed by atoms with Crippen molar-refractivity contribution in [3.05, 3.63) is 38.9 Å².